The summed E-state index contributed by atoms with van der Waals surface area (Å²) >= 11 is 4.30. The Labute approximate surface area is 181 Å². The Kier molecular flexibility index (Phi) is 6.76. The largest absolute Gasteiger partial charge is 0.465 e. The van der Waals surface area contributed by atoms with Crippen LogP contribution >= 0.6 is 34.4 Å². The topological polar surface area (TPSA) is 86.1 Å². The van der Waals surface area contributed by atoms with E-state index in [9.17, 15) is 9.59 Å². The normalized spacial score (nSPS) is 11.1. The minimum atomic E-state index is -0.472. The van der Waals surface area contributed by atoms with E-state index in [1.54, 1.807) is 22.8 Å². The number of anilines is 1. The molecule has 0 fully saturated rings. The average molecular weight is 451 g/mol. The number of methoxy groups -OCH3 is 1. The van der Waals surface area contributed by atoms with Gasteiger partial charge >= 0.3 is 5.97 Å². The molecule has 0 aliphatic carbocycles. The first-order valence-corrected chi connectivity index (χ1v) is 11.7. The summed E-state index contributed by atoms with van der Waals surface area (Å²) in [6, 6.07) is 1.78. The van der Waals surface area contributed by atoms with E-state index in [4.69, 9.17) is 4.74 Å². The van der Waals surface area contributed by atoms with Crippen molar-refractivity contribution in [3.8, 4) is 11.4 Å². The highest BCUT2D eigenvalue weighted by Gasteiger charge is 2.21. The highest BCUT2D eigenvalue weighted by atomic mass is 32.2. The molecule has 1 amide bonds. The molecule has 0 bridgehead atoms. The van der Waals surface area contributed by atoms with Gasteiger partial charge in [0.1, 0.15) is 5.00 Å². The molecule has 0 saturated carbocycles. The molecule has 0 aliphatic heterocycles. The van der Waals surface area contributed by atoms with Crippen LogP contribution in [-0.4, -0.2) is 39.5 Å². The number of thioether (sulfide) groups is 1. The van der Waals surface area contributed by atoms with Crippen LogP contribution in [0.4, 0.5) is 5.00 Å². The van der Waals surface area contributed by atoms with Crippen molar-refractivity contribution < 1.29 is 14.3 Å². The third-order valence-corrected chi connectivity index (χ3v) is 7.15. The van der Waals surface area contributed by atoms with Crippen LogP contribution in [0.3, 0.4) is 0 Å². The summed E-state index contributed by atoms with van der Waals surface area (Å²) in [5, 5.41) is 16.5. The maximum absolute atomic E-state index is 12.4. The predicted octanol–water partition coefficient (Wildman–Crippen LogP) is 4.78. The lowest BCUT2D eigenvalue weighted by atomic mass is 10.1. The van der Waals surface area contributed by atoms with Crippen molar-refractivity contribution >= 4 is 51.3 Å². The second-order valence-electron chi connectivity index (χ2n) is 6.59. The third kappa shape index (κ3) is 4.54. The van der Waals surface area contributed by atoms with Gasteiger partial charge in [-0.1, -0.05) is 11.8 Å². The standard InChI is InChI=1S/C19H22N4O3S3/c1-10(2)23-16(14-8-28-12(4)11(14)3)21-22-19(23)29-9-15(24)20-17-13(6-7-27-17)18(25)26-5/h6-8,10H,9H2,1-5H3,(H,20,24). The van der Waals surface area contributed by atoms with Crippen LogP contribution < -0.4 is 5.32 Å². The predicted molar refractivity (Wildman–Crippen MR) is 118 cm³/mol. The number of carbonyl (C=O) groups is 2. The average Bonchev–Trinajstić information content (AvgIpc) is 3.39. The number of nitrogens with one attached hydrogen (secondary N) is 1. The number of ether oxygens (including phenoxy) is 1. The molecule has 3 aromatic rings. The van der Waals surface area contributed by atoms with Gasteiger partial charge < -0.3 is 10.1 Å². The Balaban J connectivity index is 1.74. The first-order chi connectivity index (χ1) is 13.8. The second-order valence-corrected chi connectivity index (χ2v) is 9.53. The van der Waals surface area contributed by atoms with Gasteiger partial charge in [-0.05, 0) is 44.7 Å². The molecule has 10 heteroatoms. The molecule has 3 heterocycles. The number of esters is 1. The molecule has 154 valence electrons. The van der Waals surface area contributed by atoms with Crippen molar-refractivity contribution in [2.75, 3.05) is 18.2 Å². The number of hydrogen-bond acceptors (Lipinski definition) is 8. The van der Waals surface area contributed by atoms with E-state index in [1.165, 1.54) is 40.6 Å². The van der Waals surface area contributed by atoms with Gasteiger partial charge in [0.2, 0.25) is 5.91 Å². The third-order valence-electron chi connectivity index (χ3n) is 4.36. The number of amides is 1. The molecule has 0 spiro atoms. The summed E-state index contributed by atoms with van der Waals surface area (Å²) in [5.74, 6) is 0.284. The van der Waals surface area contributed by atoms with Gasteiger partial charge in [0, 0.05) is 21.9 Å². The smallest absolute Gasteiger partial charge is 0.340 e. The molecule has 0 atom stereocenters. The van der Waals surface area contributed by atoms with Crippen molar-refractivity contribution in [3.05, 3.63) is 32.8 Å². The molecule has 1 N–H and O–H groups in total. The van der Waals surface area contributed by atoms with Gasteiger partial charge in [0.25, 0.3) is 0 Å². The van der Waals surface area contributed by atoms with Gasteiger partial charge in [0.05, 0.1) is 18.4 Å². The Morgan fingerprint density at radius 1 is 1.28 bits per heavy atom. The van der Waals surface area contributed by atoms with Gasteiger partial charge in [-0.2, -0.15) is 0 Å². The van der Waals surface area contributed by atoms with E-state index in [0.717, 1.165) is 11.4 Å². The minimum absolute atomic E-state index is 0.147. The van der Waals surface area contributed by atoms with Crippen LogP contribution in [0.2, 0.25) is 0 Å². The molecule has 0 radical (unpaired) electrons. The zero-order valence-corrected chi connectivity index (χ0v) is 19.3. The van der Waals surface area contributed by atoms with E-state index >= 15 is 0 Å². The van der Waals surface area contributed by atoms with E-state index in [1.807, 2.05) is 0 Å². The first kappa shape index (κ1) is 21.5. The maximum atomic E-state index is 12.4. The van der Waals surface area contributed by atoms with Crippen LogP contribution in [0.25, 0.3) is 11.4 Å². The summed E-state index contributed by atoms with van der Waals surface area (Å²) in [6.45, 7) is 8.31. The number of thiophene rings is 2. The van der Waals surface area contributed by atoms with Crippen molar-refractivity contribution in [3.63, 3.8) is 0 Å². The molecule has 0 aliphatic rings. The minimum Gasteiger partial charge on any atom is -0.465 e. The number of rotatable bonds is 7. The molecule has 29 heavy (non-hydrogen) atoms. The lowest BCUT2D eigenvalue weighted by molar-refractivity contribution is -0.113. The summed E-state index contributed by atoms with van der Waals surface area (Å²) in [4.78, 5) is 25.4. The molecule has 7 nitrogen and oxygen atoms in total. The molecule has 0 aromatic carbocycles. The van der Waals surface area contributed by atoms with Crippen molar-refractivity contribution in [1.82, 2.24) is 14.8 Å². The molecule has 3 rings (SSSR count). The summed E-state index contributed by atoms with van der Waals surface area (Å²) in [6.07, 6.45) is 0. The monoisotopic (exact) mass is 450 g/mol. The Hall–Kier alpha value is -2.17. The van der Waals surface area contributed by atoms with Gasteiger partial charge in [-0.15, -0.1) is 32.9 Å². The lowest BCUT2D eigenvalue weighted by Crippen LogP contribution is -2.16. The highest BCUT2D eigenvalue weighted by Crippen LogP contribution is 2.33. The fourth-order valence-corrected chi connectivity index (χ4v) is 5.25. The SMILES string of the molecule is COC(=O)c1ccsc1NC(=O)CSc1nnc(-c2csc(C)c2C)n1C(C)C. The highest BCUT2D eigenvalue weighted by molar-refractivity contribution is 7.99. The van der Waals surface area contributed by atoms with Crippen LogP contribution in [0.15, 0.2) is 22.0 Å². The Morgan fingerprint density at radius 2 is 2.03 bits per heavy atom. The van der Waals surface area contributed by atoms with E-state index in [0.29, 0.717) is 15.7 Å². The number of carbonyl (C=O) groups excluding carboxylic acids is 2. The van der Waals surface area contributed by atoms with Crippen molar-refractivity contribution in [2.45, 2.75) is 38.9 Å². The molecular formula is C19H22N4O3S3. The van der Waals surface area contributed by atoms with Gasteiger partial charge in [-0.25, -0.2) is 4.79 Å². The summed E-state index contributed by atoms with van der Waals surface area (Å²) < 4.78 is 6.79. The van der Waals surface area contributed by atoms with Crippen LogP contribution in [-0.2, 0) is 9.53 Å². The number of hydrogen-bond donors (Lipinski definition) is 1. The zero-order chi connectivity index (χ0) is 21.1. The van der Waals surface area contributed by atoms with Gasteiger partial charge in [-0.3, -0.25) is 9.36 Å². The maximum Gasteiger partial charge on any atom is 0.340 e. The molecule has 3 aromatic heterocycles. The summed E-state index contributed by atoms with van der Waals surface area (Å²) in [5.41, 5.74) is 2.63. The number of aryl methyl sites for hydroxylation is 1. The molecule has 0 saturated heterocycles. The van der Waals surface area contributed by atoms with E-state index < -0.39 is 5.97 Å². The quantitative estimate of drug-likeness (QED) is 0.412. The van der Waals surface area contributed by atoms with Crippen LogP contribution in [0.5, 0.6) is 0 Å². The van der Waals surface area contributed by atoms with Gasteiger partial charge in [0.15, 0.2) is 11.0 Å². The number of aromatic nitrogens is 3. The summed E-state index contributed by atoms with van der Waals surface area (Å²) in [7, 11) is 1.31. The Bertz CT molecular complexity index is 1040. The van der Waals surface area contributed by atoms with Crippen LogP contribution in [0, 0.1) is 13.8 Å². The zero-order valence-electron chi connectivity index (χ0n) is 16.8. The van der Waals surface area contributed by atoms with Crippen molar-refractivity contribution in [1.29, 1.82) is 0 Å². The fourth-order valence-electron chi connectivity index (χ4n) is 2.73. The lowest BCUT2D eigenvalue weighted by Gasteiger charge is -2.13. The first-order valence-electron chi connectivity index (χ1n) is 8.91. The second kappa shape index (κ2) is 9.10. The number of nitrogens with zero attached hydrogens (tertiary/aromatic N) is 3. The van der Waals surface area contributed by atoms with Crippen molar-refractivity contribution in [2.24, 2.45) is 0 Å². The Morgan fingerprint density at radius 3 is 2.66 bits per heavy atom. The van der Waals surface area contributed by atoms with Crippen LogP contribution in [0.1, 0.15) is 40.7 Å². The fraction of sp³-hybridized carbons (Fsp3) is 0.368. The molecular weight excluding hydrogens is 428 g/mol. The molecule has 0 unspecified atom stereocenters. The van der Waals surface area contributed by atoms with E-state index in [2.05, 4.69) is 53.2 Å². The van der Waals surface area contributed by atoms with E-state index in [-0.39, 0.29) is 17.7 Å².